The maximum absolute atomic E-state index is 11.4. The van der Waals surface area contributed by atoms with Crippen molar-refractivity contribution < 1.29 is 9.53 Å². The molecule has 3 heterocycles. The van der Waals surface area contributed by atoms with Crippen LogP contribution in [0.2, 0.25) is 4.34 Å². The monoisotopic (exact) mass is 410 g/mol. The first-order chi connectivity index (χ1) is 13.0. The minimum atomic E-state index is -0.286. The van der Waals surface area contributed by atoms with E-state index in [1.807, 2.05) is 0 Å². The van der Waals surface area contributed by atoms with Crippen LogP contribution >= 0.6 is 22.9 Å². The Morgan fingerprint density at radius 2 is 2.44 bits per heavy atom. The van der Waals surface area contributed by atoms with E-state index in [9.17, 15) is 4.79 Å². The zero-order chi connectivity index (χ0) is 19.4. The third kappa shape index (κ3) is 4.54. The van der Waals surface area contributed by atoms with Gasteiger partial charge in [-0.25, -0.2) is 0 Å². The molecule has 1 aromatic heterocycles. The fraction of sp³-hybridized carbons (Fsp3) is 0.579. The Morgan fingerprint density at radius 1 is 1.63 bits per heavy atom. The van der Waals surface area contributed by atoms with E-state index in [1.165, 1.54) is 10.4 Å². The predicted molar refractivity (Wildman–Crippen MR) is 111 cm³/mol. The van der Waals surface area contributed by atoms with Crippen LogP contribution in [0.25, 0.3) is 0 Å². The number of hydrogen-bond acceptors (Lipinski definition) is 6. The van der Waals surface area contributed by atoms with Crippen LogP contribution in [0.15, 0.2) is 22.8 Å². The van der Waals surface area contributed by atoms with Crippen molar-refractivity contribution in [3.05, 3.63) is 32.6 Å². The molecule has 27 heavy (non-hydrogen) atoms. The van der Waals surface area contributed by atoms with E-state index >= 15 is 0 Å². The lowest BCUT2D eigenvalue weighted by atomic mass is 9.85. The average Bonchev–Trinajstić information content (AvgIpc) is 2.96. The molecule has 1 saturated heterocycles. The molecule has 8 heteroatoms. The molecule has 0 saturated carbocycles. The van der Waals surface area contributed by atoms with Crippen molar-refractivity contribution in [3.63, 3.8) is 0 Å². The highest BCUT2D eigenvalue weighted by Crippen LogP contribution is 2.47. The van der Waals surface area contributed by atoms with Gasteiger partial charge in [0.25, 0.3) is 0 Å². The van der Waals surface area contributed by atoms with E-state index in [2.05, 4.69) is 28.6 Å². The van der Waals surface area contributed by atoms with Crippen LogP contribution < -0.4 is 16.4 Å². The third-order valence-electron chi connectivity index (χ3n) is 5.25. The molecule has 1 aromatic rings. The van der Waals surface area contributed by atoms with Gasteiger partial charge in [-0.15, -0.1) is 11.3 Å². The largest absolute Gasteiger partial charge is 0.404 e. The Hall–Kier alpha value is -1.41. The molecule has 4 N–H and O–H groups in total. The summed E-state index contributed by atoms with van der Waals surface area (Å²) < 4.78 is 7.19. The number of halogens is 1. The number of aliphatic imine (C=N–C) groups is 1. The van der Waals surface area contributed by atoms with Crippen molar-refractivity contribution in [2.24, 2.45) is 10.7 Å². The first-order valence-electron chi connectivity index (χ1n) is 9.28. The maximum atomic E-state index is 11.4. The fourth-order valence-corrected chi connectivity index (χ4v) is 5.49. The molecule has 148 valence electrons. The van der Waals surface area contributed by atoms with Crippen molar-refractivity contribution >= 4 is 35.1 Å². The Morgan fingerprint density at radius 3 is 3.19 bits per heavy atom. The number of fused-ring (bicyclic) bond motifs is 2. The van der Waals surface area contributed by atoms with Crippen molar-refractivity contribution in [1.82, 2.24) is 10.6 Å². The second-order valence-electron chi connectivity index (χ2n) is 7.17. The zero-order valence-electron chi connectivity index (χ0n) is 15.8. The molecular weight excluding hydrogens is 384 g/mol. The first kappa shape index (κ1) is 20.3. The molecule has 0 aliphatic carbocycles. The van der Waals surface area contributed by atoms with Gasteiger partial charge < -0.3 is 21.1 Å². The van der Waals surface area contributed by atoms with Crippen LogP contribution in [0.3, 0.4) is 0 Å². The minimum Gasteiger partial charge on any atom is -0.404 e. The van der Waals surface area contributed by atoms with Crippen LogP contribution in [0.5, 0.6) is 0 Å². The number of carbonyl (C=O) groups excluding carboxylic acids is 1. The summed E-state index contributed by atoms with van der Waals surface area (Å²) in [6.07, 6.45) is 6.84. The quantitative estimate of drug-likeness (QED) is 0.665. The van der Waals surface area contributed by atoms with Gasteiger partial charge in [0.1, 0.15) is 12.1 Å². The number of hydrogen-bond donors (Lipinski definition) is 3. The average molecular weight is 411 g/mol. The summed E-state index contributed by atoms with van der Waals surface area (Å²) in [6, 6.07) is 2.40. The van der Waals surface area contributed by atoms with Gasteiger partial charge >= 0.3 is 0 Å². The summed E-state index contributed by atoms with van der Waals surface area (Å²) in [5.41, 5.74) is 7.79. The molecule has 1 spiro atoms. The van der Waals surface area contributed by atoms with Crippen LogP contribution in [-0.4, -0.2) is 44.4 Å². The number of likely N-dealkylation sites (N-methyl/N-ethyl adjacent to an activating group) is 1. The van der Waals surface area contributed by atoms with Crippen LogP contribution in [0.1, 0.15) is 36.6 Å². The minimum absolute atomic E-state index is 0.0715. The Bertz CT molecular complexity index is 748. The van der Waals surface area contributed by atoms with Gasteiger partial charge in [-0.05, 0) is 44.2 Å². The lowest BCUT2D eigenvalue weighted by Gasteiger charge is -2.37. The normalized spacial score (nSPS) is 28.9. The number of ether oxygens (including phenoxy) is 1. The molecule has 0 bridgehead atoms. The number of nitrogens with one attached hydrogen (secondary N) is 2. The lowest BCUT2D eigenvalue weighted by molar-refractivity contribution is -0.119. The number of carbonyl (C=O) groups is 1. The van der Waals surface area contributed by atoms with Gasteiger partial charge in [-0.2, -0.15) is 0 Å². The second kappa shape index (κ2) is 8.73. The van der Waals surface area contributed by atoms with Crippen LogP contribution in [-0.2, 0) is 21.6 Å². The van der Waals surface area contributed by atoms with Gasteiger partial charge in [-0.3, -0.25) is 9.79 Å². The smallest absolute Gasteiger partial charge is 0.241 e. The van der Waals surface area contributed by atoms with E-state index < -0.39 is 0 Å². The Labute approximate surface area is 169 Å². The molecule has 0 radical (unpaired) electrons. The van der Waals surface area contributed by atoms with Crippen molar-refractivity contribution in [3.8, 4) is 0 Å². The Kier molecular flexibility index (Phi) is 6.57. The fourth-order valence-electron chi connectivity index (χ4n) is 4.01. The lowest BCUT2D eigenvalue weighted by Crippen LogP contribution is -2.40. The highest BCUT2D eigenvalue weighted by molar-refractivity contribution is 7.16. The third-order valence-corrected chi connectivity index (χ3v) is 6.74. The maximum Gasteiger partial charge on any atom is 0.241 e. The summed E-state index contributed by atoms with van der Waals surface area (Å²) >= 11 is 7.94. The number of nitrogens with two attached hydrogens (primary N) is 1. The van der Waals surface area contributed by atoms with E-state index in [4.69, 9.17) is 22.1 Å². The standard InChI is InChI=1S/C19H27ClN4O2S/c1-12-8-19(18-13(4-6-26-19)7-16(20)27-18)5-3-15(24-12)14(9-21)10-23-11-17(25)22-2/h7,9-10,12,15,24H,3-6,8,11,21H2,1-2H3,(H,22,25)/b14-9+,23-10?/t12-,15-,19+/m0/s1. The molecule has 0 aromatic carbocycles. The second-order valence-corrected chi connectivity index (χ2v) is 8.85. The van der Waals surface area contributed by atoms with Crippen molar-refractivity contribution in [2.45, 2.75) is 50.3 Å². The SMILES string of the molecule is CNC(=O)CN=C/C(=C\N)[C@@H]1CC[C@]2(C[C@H](C)N1)OCCc1cc(Cl)sc12. The highest BCUT2D eigenvalue weighted by atomic mass is 35.5. The molecule has 0 unspecified atom stereocenters. The summed E-state index contributed by atoms with van der Waals surface area (Å²) in [7, 11) is 1.60. The molecule has 1 fully saturated rings. The van der Waals surface area contributed by atoms with E-state index in [1.54, 1.807) is 30.8 Å². The predicted octanol–water partition coefficient (Wildman–Crippen LogP) is 2.36. The van der Waals surface area contributed by atoms with Gasteiger partial charge in [0.15, 0.2) is 0 Å². The van der Waals surface area contributed by atoms with Gasteiger partial charge in [0, 0.05) is 42.0 Å². The van der Waals surface area contributed by atoms with E-state index in [0.717, 1.165) is 42.2 Å². The molecule has 3 atom stereocenters. The summed E-state index contributed by atoms with van der Waals surface area (Å²) in [5.74, 6) is -0.124. The molecular formula is C19H27ClN4O2S. The molecule has 3 rings (SSSR count). The molecule has 2 aliphatic rings. The summed E-state index contributed by atoms with van der Waals surface area (Å²) in [4.78, 5) is 16.9. The van der Waals surface area contributed by atoms with E-state index in [0.29, 0.717) is 0 Å². The van der Waals surface area contributed by atoms with E-state index in [-0.39, 0.29) is 30.1 Å². The zero-order valence-corrected chi connectivity index (χ0v) is 17.3. The molecule has 2 aliphatic heterocycles. The molecule has 6 nitrogen and oxygen atoms in total. The van der Waals surface area contributed by atoms with Gasteiger partial charge in [0.05, 0.1) is 10.9 Å². The number of nitrogens with zero attached hydrogens (tertiary/aromatic N) is 1. The highest BCUT2D eigenvalue weighted by Gasteiger charge is 2.43. The van der Waals surface area contributed by atoms with Crippen LogP contribution in [0, 0.1) is 0 Å². The summed E-state index contributed by atoms with van der Waals surface area (Å²) in [5, 5.41) is 6.20. The number of amides is 1. The van der Waals surface area contributed by atoms with Gasteiger partial charge in [-0.1, -0.05) is 11.6 Å². The summed E-state index contributed by atoms with van der Waals surface area (Å²) in [6.45, 7) is 2.99. The Balaban J connectivity index is 1.77. The number of thiophene rings is 1. The van der Waals surface area contributed by atoms with Crippen molar-refractivity contribution in [2.75, 3.05) is 20.2 Å². The first-order valence-corrected chi connectivity index (χ1v) is 10.5. The molecule has 1 amide bonds. The topological polar surface area (TPSA) is 88.7 Å². The van der Waals surface area contributed by atoms with Crippen LogP contribution in [0.4, 0.5) is 0 Å². The van der Waals surface area contributed by atoms with Crippen molar-refractivity contribution in [1.29, 1.82) is 0 Å². The van der Waals surface area contributed by atoms with Gasteiger partial charge in [0.2, 0.25) is 5.91 Å². The number of rotatable bonds is 4.